The minimum absolute atomic E-state index is 0.0894. The molecule has 1 heterocycles. The Labute approximate surface area is 141 Å². The highest BCUT2D eigenvalue weighted by molar-refractivity contribution is 6.31. The highest BCUT2D eigenvalue weighted by atomic mass is 35.5. The Morgan fingerprint density at radius 1 is 1.12 bits per heavy atom. The molecule has 0 saturated carbocycles. The maximum absolute atomic E-state index is 12.6. The SMILES string of the molecule is CC(=O)c1cn(Cc2ccc(C(F)(F)F)cc2)c2ccc(Cl)cc12. The fourth-order valence-electron chi connectivity index (χ4n) is 2.68. The van der Waals surface area contributed by atoms with Gasteiger partial charge in [0.1, 0.15) is 0 Å². The molecule has 0 aliphatic carbocycles. The first-order valence-electron chi connectivity index (χ1n) is 7.21. The summed E-state index contributed by atoms with van der Waals surface area (Å²) in [6, 6.07) is 10.2. The number of carbonyl (C=O) groups is 1. The molecule has 24 heavy (non-hydrogen) atoms. The van der Waals surface area contributed by atoms with Gasteiger partial charge in [0.2, 0.25) is 0 Å². The first kappa shape index (κ1) is 16.6. The molecule has 0 aliphatic rings. The monoisotopic (exact) mass is 351 g/mol. The quantitative estimate of drug-likeness (QED) is 0.566. The Bertz CT molecular complexity index is 910. The van der Waals surface area contributed by atoms with Gasteiger partial charge >= 0.3 is 6.18 Å². The number of ketones is 1. The van der Waals surface area contributed by atoms with Gasteiger partial charge in [0.05, 0.1) is 5.56 Å². The molecule has 2 nitrogen and oxygen atoms in total. The van der Waals surface area contributed by atoms with Crippen molar-refractivity contribution >= 4 is 28.3 Å². The molecule has 0 radical (unpaired) electrons. The lowest BCUT2D eigenvalue weighted by Crippen LogP contribution is -2.05. The molecule has 2 aromatic carbocycles. The second-order valence-electron chi connectivity index (χ2n) is 5.58. The van der Waals surface area contributed by atoms with E-state index in [2.05, 4.69) is 0 Å². The van der Waals surface area contributed by atoms with E-state index in [4.69, 9.17) is 11.6 Å². The zero-order valence-corrected chi connectivity index (χ0v) is 13.4. The van der Waals surface area contributed by atoms with Crippen LogP contribution in [0.3, 0.4) is 0 Å². The summed E-state index contributed by atoms with van der Waals surface area (Å²) in [6.07, 6.45) is -2.64. The number of rotatable bonds is 3. The number of hydrogen-bond acceptors (Lipinski definition) is 1. The zero-order valence-electron chi connectivity index (χ0n) is 12.7. The molecule has 3 aromatic rings. The van der Waals surface area contributed by atoms with Gasteiger partial charge in [0.15, 0.2) is 5.78 Å². The van der Waals surface area contributed by atoms with Crippen LogP contribution in [0.25, 0.3) is 10.9 Å². The predicted octanol–water partition coefficient (Wildman–Crippen LogP) is 5.56. The van der Waals surface area contributed by atoms with Crippen LogP contribution in [0.2, 0.25) is 5.02 Å². The molecule has 3 rings (SSSR count). The van der Waals surface area contributed by atoms with E-state index in [-0.39, 0.29) is 5.78 Å². The van der Waals surface area contributed by atoms with Crippen molar-refractivity contribution in [3.63, 3.8) is 0 Å². The van der Waals surface area contributed by atoms with Crippen molar-refractivity contribution < 1.29 is 18.0 Å². The number of fused-ring (bicyclic) bond motifs is 1. The van der Waals surface area contributed by atoms with Crippen molar-refractivity contribution in [1.82, 2.24) is 4.57 Å². The van der Waals surface area contributed by atoms with E-state index in [1.54, 1.807) is 24.4 Å². The molecule has 0 N–H and O–H groups in total. The highest BCUT2D eigenvalue weighted by Gasteiger charge is 2.29. The standard InChI is InChI=1S/C18H13ClF3NO/c1-11(24)16-10-23(17-7-6-14(19)8-15(16)17)9-12-2-4-13(5-3-12)18(20,21)22/h2-8,10H,9H2,1H3. The van der Waals surface area contributed by atoms with Crippen LogP contribution in [-0.4, -0.2) is 10.4 Å². The van der Waals surface area contributed by atoms with E-state index in [0.717, 1.165) is 23.0 Å². The minimum atomic E-state index is -4.35. The lowest BCUT2D eigenvalue weighted by atomic mass is 10.1. The fraction of sp³-hybridized carbons (Fsp3) is 0.167. The third-order valence-electron chi connectivity index (χ3n) is 3.86. The van der Waals surface area contributed by atoms with Gasteiger partial charge in [-0.25, -0.2) is 0 Å². The van der Waals surface area contributed by atoms with Crippen molar-refractivity contribution in [3.05, 3.63) is 70.4 Å². The van der Waals surface area contributed by atoms with Crippen molar-refractivity contribution in [1.29, 1.82) is 0 Å². The third-order valence-corrected chi connectivity index (χ3v) is 4.09. The largest absolute Gasteiger partial charge is 0.416 e. The number of halogens is 4. The van der Waals surface area contributed by atoms with Crippen molar-refractivity contribution in [2.24, 2.45) is 0 Å². The Morgan fingerprint density at radius 3 is 2.38 bits per heavy atom. The average Bonchev–Trinajstić information content (AvgIpc) is 2.85. The van der Waals surface area contributed by atoms with E-state index in [1.807, 2.05) is 4.57 Å². The molecule has 0 saturated heterocycles. The van der Waals surface area contributed by atoms with Crippen LogP contribution in [0.5, 0.6) is 0 Å². The summed E-state index contributed by atoms with van der Waals surface area (Å²) in [5.74, 6) is -0.0894. The summed E-state index contributed by atoms with van der Waals surface area (Å²) >= 11 is 6.00. The number of benzene rings is 2. The van der Waals surface area contributed by atoms with Crippen molar-refractivity contribution in [2.45, 2.75) is 19.6 Å². The van der Waals surface area contributed by atoms with Gasteiger partial charge < -0.3 is 4.57 Å². The topological polar surface area (TPSA) is 22.0 Å². The lowest BCUT2D eigenvalue weighted by Gasteiger charge is -2.09. The molecule has 0 fully saturated rings. The van der Waals surface area contributed by atoms with E-state index in [9.17, 15) is 18.0 Å². The van der Waals surface area contributed by atoms with Gasteiger partial charge in [0, 0.05) is 34.2 Å². The first-order valence-corrected chi connectivity index (χ1v) is 7.59. The predicted molar refractivity (Wildman–Crippen MR) is 87.5 cm³/mol. The van der Waals surface area contributed by atoms with E-state index in [0.29, 0.717) is 22.7 Å². The maximum atomic E-state index is 12.6. The number of Topliss-reactive ketones (excluding diaryl/α,β-unsaturated/α-hetero) is 1. The van der Waals surface area contributed by atoms with Crippen LogP contribution in [0.15, 0.2) is 48.7 Å². The second-order valence-corrected chi connectivity index (χ2v) is 6.02. The Kier molecular flexibility index (Phi) is 4.13. The number of hydrogen-bond donors (Lipinski definition) is 0. The summed E-state index contributed by atoms with van der Waals surface area (Å²) in [4.78, 5) is 11.8. The molecule has 1 aromatic heterocycles. The fourth-order valence-corrected chi connectivity index (χ4v) is 2.85. The molecular formula is C18H13ClF3NO. The van der Waals surface area contributed by atoms with Gasteiger partial charge in [-0.1, -0.05) is 23.7 Å². The summed E-state index contributed by atoms with van der Waals surface area (Å²) in [7, 11) is 0. The van der Waals surface area contributed by atoms with Crippen molar-refractivity contribution in [2.75, 3.05) is 0 Å². The number of nitrogens with zero attached hydrogens (tertiary/aromatic N) is 1. The first-order chi connectivity index (χ1) is 11.3. The molecule has 0 unspecified atom stereocenters. The smallest absolute Gasteiger partial charge is 0.342 e. The molecular weight excluding hydrogens is 339 g/mol. The molecule has 0 amide bonds. The molecule has 0 spiro atoms. The minimum Gasteiger partial charge on any atom is -0.342 e. The van der Waals surface area contributed by atoms with E-state index in [1.165, 1.54) is 19.1 Å². The van der Waals surface area contributed by atoms with Gasteiger partial charge in [-0.05, 0) is 42.8 Å². The molecule has 0 bridgehead atoms. The van der Waals surface area contributed by atoms with E-state index >= 15 is 0 Å². The number of carbonyl (C=O) groups excluding carboxylic acids is 1. The molecule has 0 aliphatic heterocycles. The third kappa shape index (κ3) is 3.17. The Morgan fingerprint density at radius 2 is 1.79 bits per heavy atom. The maximum Gasteiger partial charge on any atom is 0.416 e. The summed E-state index contributed by atoms with van der Waals surface area (Å²) in [5, 5.41) is 1.26. The van der Waals surface area contributed by atoms with Crippen LogP contribution >= 0.6 is 11.6 Å². The summed E-state index contributed by atoms with van der Waals surface area (Å²) < 4.78 is 39.7. The van der Waals surface area contributed by atoms with Gasteiger partial charge in [-0.3, -0.25) is 4.79 Å². The number of aromatic nitrogens is 1. The van der Waals surface area contributed by atoms with E-state index < -0.39 is 11.7 Å². The normalized spacial score (nSPS) is 11.9. The molecule has 124 valence electrons. The van der Waals surface area contributed by atoms with Crippen LogP contribution in [-0.2, 0) is 12.7 Å². The zero-order chi connectivity index (χ0) is 17.5. The van der Waals surface area contributed by atoms with Crippen molar-refractivity contribution in [3.8, 4) is 0 Å². The molecule has 6 heteroatoms. The number of alkyl halides is 3. The second kappa shape index (κ2) is 5.98. The van der Waals surface area contributed by atoms with Gasteiger partial charge in [-0.2, -0.15) is 13.2 Å². The van der Waals surface area contributed by atoms with Gasteiger partial charge in [-0.15, -0.1) is 0 Å². The summed E-state index contributed by atoms with van der Waals surface area (Å²) in [6.45, 7) is 1.84. The highest BCUT2D eigenvalue weighted by Crippen LogP contribution is 2.30. The van der Waals surface area contributed by atoms with Gasteiger partial charge in [0.25, 0.3) is 0 Å². The van der Waals surface area contributed by atoms with Crippen LogP contribution in [0, 0.1) is 0 Å². The lowest BCUT2D eigenvalue weighted by molar-refractivity contribution is -0.137. The van der Waals surface area contributed by atoms with Crippen LogP contribution in [0.1, 0.15) is 28.4 Å². The van der Waals surface area contributed by atoms with Crippen LogP contribution < -0.4 is 0 Å². The average molecular weight is 352 g/mol. The Hall–Kier alpha value is -2.27. The Balaban J connectivity index is 2.00. The molecule has 0 atom stereocenters. The summed E-state index contributed by atoms with van der Waals surface area (Å²) in [5.41, 5.74) is 1.38. The van der Waals surface area contributed by atoms with Crippen LogP contribution in [0.4, 0.5) is 13.2 Å².